The number of hydrogen-bond acceptors (Lipinski definition) is 3. The largest absolute Gasteiger partial charge is 0.435 e. The summed E-state index contributed by atoms with van der Waals surface area (Å²) >= 11 is 0. The van der Waals surface area contributed by atoms with E-state index in [1.54, 1.807) is 0 Å². The van der Waals surface area contributed by atoms with Gasteiger partial charge in [0.2, 0.25) is 0 Å². The molecule has 4 nitrogen and oxygen atoms in total. The van der Waals surface area contributed by atoms with Crippen LogP contribution >= 0.6 is 0 Å². The van der Waals surface area contributed by atoms with Crippen molar-refractivity contribution in [2.75, 3.05) is 5.73 Å². The van der Waals surface area contributed by atoms with Gasteiger partial charge in [-0.3, -0.25) is 4.98 Å². The molecule has 16 heavy (non-hydrogen) atoms. The van der Waals surface area contributed by atoms with E-state index in [4.69, 9.17) is 5.73 Å². The Bertz CT molecular complexity index is 489. The van der Waals surface area contributed by atoms with Crippen molar-refractivity contribution in [3.63, 3.8) is 0 Å². The number of anilines is 1. The van der Waals surface area contributed by atoms with Crippen molar-refractivity contribution in [2.24, 2.45) is 0 Å². The Balaban J connectivity index is 2.60. The zero-order valence-electron chi connectivity index (χ0n) is 7.94. The normalized spacial score (nSPS) is 11.7. The van der Waals surface area contributed by atoms with Crippen LogP contribution in [0.5, 0.6) is 0 Å². The maximum Gasteiger partial charge on any atom is 0.435 e. The molecule has 0 fully saturated rings. The minimum absolute atomic E-state index is 0.214. The van der Waals surface area contributed by atoms with Gasteiger partial charge in [-0.25, -0.2) is 4.68 Å². The average Bonchev–Trinajstić information content (AvgIpc) is 2.61. The molecule has 0 saturated heterocycles. The number of pyridine rings is 1. The summed E-state index contributed by atoms with van der Waals surface area (Å²) < 4.78 is 38.7. The van der Waals surface area contributed by atoms with E-state index in [2.05, 4.69) is 10.1 Å². The van der Waals surface area contributed by atoms with Crippen LogP contribution in [0.2, 0.25) is 0 Å². The van der Waals surface area contributed by atoms with Gasteiger partial charge in [-0.1, -0.05) is 0 Å². The van der Waals surface area contributed by atoms with Crippen LogP contribution < -0.4 is 5.73 Å². The molecule has 0 amide bonds. The molecule has 0 aliphatic rings. The standard InChI is InChI=1S/C9H7F3N4/c10-9(11,12)8-7(13)5-15-16(8)6-2-1-3-14-4-6/h1-5H,13H2. The maximum atomic E-state index is 12.7. The van der Waals surface area contributed by atoms with Gasteiger partial charge >= 0.3 is 6.18 Å². The molecule has 0 unspecified atom stereocenters. The van der Waals surface area contributed by atoms with E-state index < -0.39 is 17.6 Å². The van der Waals surface area contributed by atoms with E-state index in [0.29, 0.717) is 0 Å². The molecular formula is C9H7F3N4. The molecule has 0 saturated carbocycles. The topological polar surface area (TPSA) is 56.7 Å². The first-order valence-corrected chi connectivity index (χ1v) is 4.31. The summed E-state index contributed by atoms with van der Waals surface area (Å²) in [7, 11) is 0. The fourth-order valence-electron chi connectivity index (χ4n) is 1.32. The Morgan fingerprint density at radius 2 is 2.00 bits per heavy atom. The second kappa shape index (κ2) is 3.51. The van der Waals surface area contributed by atoms with Gasteiger partial charge in [0.05, 0.1) is 23.8 Å². The Labute approximate surface area is 88.5 Å². The molecule has 2 aromatic heterocycles. The lowest BCUT2D eigenvalue weighted by atomic mass is 10.3. The summed E-state index contributed by atoms with van der Waals surface area (Å²) in [6.07, 6.45) is -0.836. The zero-order valence-corrected chi connectivity index (χ0v) is 7.94. The molecule has 2 N–H and O–H groups in total. The van der Waals surface area contributed by atoms with Crippen molar-refractivity contribution in [2.45, 2.75) is 6.18 Å². The van der Waals surface area contributed by atoms with Crippen LogP contribution in [-0.2, 0) is 6.18 Å². The lowest BCUT2D eigenvalue weighted by Gasteiger charge is -2.10. The molecule has 2 heterocycles. The van der Waals surface area contributed by atoms with Gasteiger partial charge in [0.25, 0.3) is 0 Å². The molecule has 0 radical (unpaired) electrons. The van der Waals surface area contributed by atoms with E-state index in [1.165, 1.54) is 24.5 Å². The molecule has 0 spiro atoms. The summed E-state index contributed by atoms with van der Waals surface area (Å²) in [5, 5.41) is 3.58. The molecule has 0 aromatic carbocycles. The average molecular weight is 228 g/mol. The smallest absolute Gasteiger partial charge is 0.396 e. The molecular weight excluding hydrogens is 221 g/mol. The Kier molecular flexibility index (Phi) is 2.30. The quantitative estimate of drug-likeness (QED) is 0.810. The molecule has 0 bridgehead atoms. The van der Waals surface area contributed by atoms with Crippen LogP contribution in [0.3, 0.4) is 0 Å². The van der Waals surface area contributed by atoms with Gasteiger partial charge in [0.1, 0.15) is 0 Å². The third-order valence-electron chi connectivity index (χ3n) is 1.96. The molecule has 0 aliphatic heterocycles. The van der Waals surface area contributed by atoms with E-state index in [1.807, 2.05) is 0 Å². The highest BCUT2D eigenvalue weighted by Gasteiger charge is 2.38. The number of halogens is 3. The van der Waals surface area contributed by atoms with Gasteiger partial charge in [-0.15, -0.1) is 0 Å². The highest BCUT2D eigenvalue weighted by Crippen LogP contribution is 2.34. The van der Waals surface area contributed by atoms with Gasteiger partial charge in [-0.05, 0) is 12.1 Å². The first-order valence-electron chi connectivity index (χ1n) is 4.31. The van der Waals surface area contributed by atoms with Crippen LogP contribution in [0.15, 0.2) is 30.7 Å². The summed E-state index contributed by atoms with van der Waals surface area (Å²) in [6.45, 7) is 0. The number of rotatable bonds is 1. The summed E-state index contributed by atoms with van der Waals surface area (Å²) in [4.78, 5) is 3.72. The number of alkyl halides is 3. The fraction of sp³-hybridized carbons (Fsp3) is 0.111. The van der Waals surface area contributed by atoms with Crippen LogP contribution in [-0.4, -0.2) is 14.8 Å². The predicted octanol–water partition coefficient (Wildman–Crippen LogP) is 1.87. The lowest BCUT2D eigenvalue weighted by Crippen LogP contribution is -2.15. The zero-order chi connectivity index (χ0) is 11.8. The van der Waals surface area contributed by atoms with Gasteiger partial charge in [0.15, 0.2) is 5.69 Å². The highest BCUT2D eigenvalue weighted by molar-refractivity contribution is 5.46. The molecule has 2 rings (SSSR count). The Morgan fingerprint density at radius 1 is 1.25 bits per heavy atom. The number of nitrogens with zero attached hydrogens (tertiary/aromatic N) is 3. The Hall–Kier alpha value is -2.05. The first-order chi connectivity index (χ1) is 7.50. The van der Waals surface area contributed by atoms with Crippen molar-refractivity contribution in [1.82, 2.24) is 14.8 Å². The minimum atomic E-state index is -4.55. The number of hydrogen-bond donors (Lipinski definition) is 1. The van der Waals surface area contributed by atoms with Gasteiger partial charge in [0, 0.05) is 6.20 Å². The van der Waals surface area contributed by atoms with Crippen molar-refractivity contribution < 1.29 is 13.2 Å². The maximum absolute atomic E-state index is 12.7. The lowest BCUT2D eigenvalue weighted by molar-refractivity contribution is -0.142. The third kappa shape index (κ3) is 1.71. The van der Waals surface area contributed by atoms with Crippen LogP contribution in [0.4, 0.5) is 18.9 Å². The highest BCUT2D eigenvalue weighted by atomic mass is 19.4. The number of nitrogen functional groups attached to an aromatic ring is 1. The third-order valence-corrected chi connectivity index (χ3v) is 1.96. The van der Waals surface area contributed by atoms with E-state index in [-0.39, 0.29) is 5.69 Å². The van der Waals surface area contributed by atoms with Crippen LogP contribution in [0.1, 0.15) is 5.69 Å². The minimum Gasteiger partial charge on any atom is -0.396 e. The van der Waals surface area contributed by atoms with E-state index in [9.17, 15) is 13.2 Å². The first kappa shape index (κ1) is 10.5. The van der Waals surface area contributed by atoms with Crippen molar-refractivity contribution in [3.05, 3.63) is 36.4 Å². The number of nitrogens with two attached hydrogens (primary N) is 1. The van der Waals surface area contributed by atoms with Crippen molar-refractivity contribution in [1.29, 1.82) is 0 Å². The second-order valence-corrected chi connectivity index (χ2v) is 3.07. The van der Waals surface area contributed by atoms with E-state index >= 15 is 0 Å². The van der Waals surface area contributed by atoms with Crippen LogP contribution in [0.25, 0.3) is 5.69 Å². The van der Waals surface area contributed by atoms with E-state index in [0.717, 1.165) is 10.9 Å². The van der Waals surface area contributed by atoms with Gasteiger partial charge in [-0.2, -0.15) is 18.3 Å². The monoisotopic (exact) mass is 228 g/mol. The van der Waals surface area contributed by atoms with Crippen molar-refractivity contribution in [3.8, 4) is 5.69 Å². The SMILES string of the molecule is Nc1cnn(-c2cccnc2)c1C(F)(F)F. The van der Waals surface area contributed by atoms with Gasteiger partial charge < -0.3 is 5.73 Å². The van der Waals surface area contributed by atoms with Crippen molar-refractivity contribution >= 4 is 5.69 Å². The van der Waals surface area contributed by atoms with Crippen LogP contribution in [0, 0.1) is 0 Å². The predicted molar refractivity (Wildman–Crippen MR) is 50.8 cm³/mol. The Morgan fingerprint density at radius 3 is 2.56 bits per heavy atom. The molecule has 0 aliphatic carbocycles. The summed E-state index contributed by atoms with van der Waals surface area (Å²) in [6, 6.07) is 2.99. The second-order valence-electron chi connectivity index (χ2n) is 3.07. The summed E-state index contributed by atoms with van der Waals surface area (Å²) in [5.74, 6) is 0. The molecule has 84 valence electrons. The molecule has 0 atom stereocenters. The number of aromatic nitrogens is 3. The molecule has 7 heteroatoms. The fourth-order valence-corrected chi connectivity index (χ4v) is 1.32. The summed E-state index contributed by atoms with van der Waals surface area (Å²) in [5.41, 5.74) is 4.06. The molecule has 2 aromatic rings.